The summed E-state index contributed by atoms with van der Waals surface area (Å²) >= 11 is 0. The van der Waals surface area contributed by atoms with Crippen molar-refractivity contribution in [2.24, 2.45) is 0 Å². The van der Waals surface area contributed by atoms with E-state index in [0.717, 1.165) is 0 Å². The van der Waals surface area contributed by atoms with Gasteiger partial charge in [-0.25, -0.2) is 13.1 Å². The van der Waals surface area contributed by atoms with Crippen LogP contribution in [-0.4, -0.2) is 38.1 Å². The first-order valence-corrected chi connectivity index (χ1v) is 7.67. The van der Waals surface area contributed by atoms with Crippen molar-refractivity contribution in [3.8, 4) is 0 Å². The van der Waals surface area contributed by atoms with E-state index in [1.807, 2.05) is 0 Å². The Labute approximate surface area is 119 Å². The van der Waals surface area contributed by atoms with Gasteiger partial charge in [0.15, 0.2) is 0 Å². The zero-order valence-corrected chi connectivity index (χ0v) is 12.6. The lowest BCUT2D eigenvalue weighted by molar-refractivity contribution is 0.0944. The van der Waals surface area contributed by atoms with E-state index >= 15 is 0 Å². The maximum atomic E-state index is 12.1. The van der Waals surface area contributed by atoms with Crippen LogP contribution in [0, 0.1) is 0 Å². The molecule has 3 N–H and O–H groups in total. The third-order valence-electron chi connectivity index (χ3n) is 2.26. The van der Waals surface area contributed by atoms with Crippen LogP contribution in [0.4, 0.5) is 0 Å². The fourth-order valence-electron chi connectivity index (χ4n) is 1.52. The lowest BCUT2D eigenvalue weighted by atomic mass is 10.1. The van der Waals surface area contributed by atoms with E-state index in [1.54, 1.807) is 20.8 Å². The Morgan fingerprint density at radius 2 is 1.75 bits per heavy atom. The van der Waals surface area contributed by atoms with E-state index in [9.17, 15) is 13.2 Å². The topological polar surface area (TPSA) is 95.5 Å². The molecule has 0 spiro atoms. The Hall–Kier alpha value is -1.44. The van der Waals surface area contributed by atoms with Gasteiger partial charge in [-0.1, -0.05) is 0 Å². The van der Waals surface area contributed by atoms with Gasteiger partial charge in [-0.05, 0) is 45.0 Å². The highest BCUT2D eigenvalue weighted by atomic mass is 32.2. The molecule has 0 saturated heterocycles. The molecule has 1 aromatic carbocycles. The lowest BCUT2D eigenvalue weighted by Gasteiger charge is -2.20. The number of nitrogens with one attached hydrogen (secondary N) is 2. The van der Waals surface area contributed by atoms with Crippen LogP contribution in [0.15, 0.2) is 29.2 Å². The van der Waals surface area contributed by atoms with Gasteiger partial charge in [-0.3, -0.25) is 4.79 Å². The van der Waals surface area contributed by atoms with E-state index in [4.69, 9.17) is 5.11 Å². The number of carbonyl (C=O) groups is 1. The average Bonchev–Trinajstić information content (AvgIpc) is 2.33. The molecule has 0 radical (unpaired) electrons. The summed E-state index contributed by atoms with van der Waals surface area (Å²) in [6.07, 6.45) is 0. The average molecular weight is 300 g/mol. The fourth-order valence-corrected chi connectivity index (χ4v) is 2.94. The van der Waals surface area contributed by atoms with Crippen LogP contribution < -0.4 is 10.0 Å². The molecule has 1 rings (SSSR count). The highest BCUT2D eigenvalue weighted by molar-refractivity contribution is 7.89. The molecule has 0 heterocycles. The zero-order chi connectivity index (χ0) is 15.4. The molecule has 0 aliphatic carbocycles. The molecule has 0 aliphatic rings. The Morgan fingerprint density at radius 3 is 2.20 bits per heavy atom. The van der Waals surface area contributed by atoms with Crippen LogP contribution in [0.1, 0.15) is 31.1 Å². The number of sulfonamides is 1. The summed E-state index contributed by atoms with van der Waals surface area (Å²) in [5, 5.41) is 11.1. The molecule has 1 amide bonds. The monoisotopic (exact) mass is 300 g/mol. The minimum absolute atomic E-state index is 0.103. The first-order chi connectivity index (χ1) is 9.15. The van der Waals surface area contributed by atoms with Crippen LogP contribution in [-0.2, 0) is 10.0 Å². The summed E-state index contributed by atoms with van der Waals surface area (Å²) in [6, 6.07) is 5.62. The summed E-state index contributed by atoms with van der Waals surface area (Å²) in [5.74, 6) is -0.355. The second-order valence-corrected chi connectivity index (χ2v) is 7.04. The Kier molecular flexibility index (Phi) is 5.27. The van der Waals surface area contributed by atoms with Crippen molar-refractivity contribution in [2.45, 2.75) is 31.2 Å². The maximum absolute atomic E-state index is 12.1. The van der Waals surface area contributed by atoms with Gasteiger partial charge >= 0.3 is 0 Å². The van der Waals surface area contributed by atoms with Crippen LogP contribution in [0.25, 0.3) is 0 Å². The quantitative estimate of drug-likeness (QED) is 0.737. The summed E-state index contributed by atoms with van der Waals surface area (Å²) in [4.78, 5) is 11.7. The first kappa shape index (κ1) is 16.6. The molecule has 0 unspecified atom stereocenters. The highest BCUT2D eigenvalue weighted by Crippen LogP contribution is 2.13. The van der Waals surface area contributed by atoms with Gasteiger partial charge in [0.1, 0.15) is 0 Å². The number of carbonyl (C=O) groups excluding carboxylic acids is 1. The van der Waals surface area contributed by atoms with Crippen LogP contribution in [0.2, 0.25) is 0 Å². The SMILES string of the molecule is CC(C)(C)NS(=O)(=O)c1ccc(C(=O)NCCO)cc1. The second-order valence-electron chi connectivity index (χ2n) is 5.36. The molecule has 0 saturated carbocycles. The zero-order valence-electron chi connectivity index (χ0n) is 11.8. The van der Waals surface area contributed by atoms with Gasteiger partial charge in [-0.15, -0.1) is 0 Å². The van der Waals surface area contributed by atoms with E-state index in [0.29, 0.717) is 5.56 Å². The predicted octanol–water partition coefficient (Wildman–Crippen LogP) is 0.485. The number of aliphatic hydroxyl groups excluding tert-OH is 1. The molecule has 0 atom stereocenters. The third kappa shape index (κ3) is 4.92. The van der Waals surface area contributed by atoms with Crippen molar-refractivity contribution in [3.05, 3.63) is 29.8 Å². The largest absolute Gasteiger partial charge is 0.395 e. The van der Waals surface area contributed by atoms with Crippen LogP contribution in [0.3, 0.4) is 0 Å². The molecular weight excluding hydrogens is 280 g/mol. The highest BCUT2D eigenvalue weighted by Gasteiger charge is 2.22. The van der Waals surface area contributed by atoms with Gasteiger partial charge in [0.2, 0.25) is 10.0 Å². The van der Waals surface area contributed by atoms with Gasteiger partial charge < -0.3 is 10.4 Å². The molecule has 6 nitrogen and oxygen atoms in total. The summed E-state index contributed by atoms with van der Waals surface area (Å²) in [7, 11) is -3.60. The molecule has 20 heavy (non-hydrogen) atoms. The Morgan fingerprint density at radius 1 is 1.20 bits per heavy atom. The number of rotatable bonds is 5. The van der Waals surface area contributed by atoms with Gasteiger partial charge in [0.05, 0.1) is 11.5 Å². The van der Waals surface area contributed by atoms with Crippen molar-refractivity contribution < 1.29 is 18.3 Å². The van der Waals surface area contributed by atoms with Crippen molar-refractivity contribution in [1.82, 2.24) is 10.0 Å². The van der Waals surface area contributed by atoms with Gasteiger partial charge in [-0.2, -0.15) is 0 Å². The first-order valence-electron chi connectivity index (χ1n) is 6.19. The van der Waals surface area contributed by atoms with Crippen LogP contribution >= 0.6 is 0 Å². The molecule has 0 bridgehead atoms. The standard InChI is InChI=1S/C13H20N2O4S/c1-13(2,3)15-20(18,19)11-6-4-10(5-7-11)12(17)14-8-9-16/h4-7,15-16H,8-9H2,1-3H3,(H,14,17). The summed E-state index contributed by atoms with van der Waals surface area (Å²) in [5.41, 5.74) is -0.233. The van der Waals surface area contributed by atoms with E-state index in [-0.39, 0.29) is 24.0 Å². The van der Waals surface area contributed by atoms with E-state index in [1.165, 1.54) is 24.3 Å². The summed E-state index contributed by atoms with van der Waals surface area (Å²) in [6.45, 7) is 5.27. The molecule has 1 aromatic rings. The minimum atomic E-state index is -3.60. The van der Waals surface area contributed by atoms with Crippen LogP contribution in [0.5, 0.6) is 0 Å². The van der Waals surface area contributed by atoms with E-state index < -0.39 is 15.6 Å². The lowest BCUT2D eigenvalue weighted by Crippen LogP contribution is -2.40. The van der Waals surface area contributed by atoms with Crippen molar-refractivity contribution in [3.63, 3.8) is 0 Å². The summed E-state index contributed by atoms with van der Waals surface area (Å²) < 4.78 is 26.6. The normalized spacial score (nSPS) is 12.2. The van der Waals surface area contributed by atoms with Crippen molar-refractivity contribution in [1.29, 1.82) is 0 Å². The maximum Gasteiger partial charge on any atom is 0.251 e. The second kappa shape index (κ2) is 6.34. The van der Waals surface area contributed by atoms with Crippen molar-refractivity contribution >= 4 is 15.9 Å². The van der Waals surface area contributed by atoms with Gasteiger partial charge in [0.25, 0.3) is 5.91 Å². The molecular formula is C13H20N2O4S. The minimum Gasteiger partial charge on any atom is -0.395 e. The smallest absolute Gasteiger partial charge is 0.251 e. The molecule has 112 valence electrons. The van der Waals surface area contributed by atoms with E-state index in [2.05, 4.69) is 10.0 Å². The third-order valence-corrected chi connectivity index (χ3v) is 4.04. The predicted molar refractivity (Wildman–Crippen MR) is 75.9 cm³/mol. The Balaban J connectivity index is 2.89. The fraction of sp³-hybridized carbons (Fsp3) is 0.462. The molecule has 0 aromatic heterocycles. The number of aliphatic hydroxyl groups is 1. The molecule has 7 heteroatoms. The molecule has 0 aliphatic heterocycles. The Bertz CT molecular complexity index is 559. The van der Waals surface area contributed by atoms with Gasteiger partial charge in [0, 0.05) is 17.6 Å². The number of amides is 1. The number of benzene rings is 1. The molecule has 0 fully saturated rings. The number of hydrogen-bond acceptors (Lipinski definition) is 4. The van der Waals surface area contributed by atoms with Crippen molar-refractivity contribution in [2.75, 3.05) is 13.2 Å². The number of hydrogen-bond donors (Lipinski definition) is 3.